The van der Waals surface area contributed by atoms with Crippen LogP contribution in [0.15, 0.2) is 54.7 Å². The highest BCUT2D eigenvalue weighted by Gasteiger charge is 2.25. The molecule has 2 aromatic carbocycles. The summed E-state index contributed by atoms with van der Waals surface area (Å²) in [6, 6.07) is 16.3. The van der Waals surface area contributed by atoms with Crippen LogP contribution < -0.4 is 4.90 Å². The number of piperazine rings is 1. The number of halogens is 2. The van der Waals surface area contributed by atoms with Gasteiger partial charge in [0, 0.05) is 57.1 Å². The molecule has 0 bridgehead atoms. The van der Waals surface area contributed by atoms with Crippen molar-refractivity contribution in [3.05, 3.63) is 81.5 Å². The maximum Gasteiger partial charge on any atom is 0.410 e. The van der Waals surface area contributed by atoms with E-state index in [-0.39, 0.29) is 12.5 Å². The molecule has 1 fully saturated rings. The van der Waals surface area contributed by atoms with Gasteiger partial charge in [0.15, 0.2) is 0 Å². The van der Waals surface area contributed by atoms with Crippen molar-refractivity contribution in [2.75, 3.05) is 45.2 Å². The third-order valence-corrected chi connectivity index (χ3v) is 6.56. The number of nitrogens with zero attached hydrogens (tertiary/aromatic N) is 5. The van der Waals surface area contributed by atoms with Crippen LogP contribution in [-0.2, 0) is 11.3 Å². The van der Waals surface area contributed by atoms with Gasteiger partial charge in [0.05, 0.1) is 16.1 Å². The highest BCUT2D eigenvalue weighted by molar-refractivity contribution is 6.34. The van der Waals surface area contributed by atoms with Crippen LogP contribution >= 0.6 is 23.2 Å². The van der Waals surface area contributed by atoms with E-state index in [9.17, 15) is 14.9 Å². The molecule has 4 rings (SSSR count). The van der Waals surface area contributed by atoms with Gasteiger partial charge in [0.2, 0.25) is 0 Å². The standard InChI is InChI=1S/C27H25Cl2N5O3/c1-32(2)26(35)23-7-6-19(14-24(23)29)21-13-20(15-30)25(31-16-21)33-8-10-34(11-9-33)27(36)37-17-18-4-3-5-22(28)12-18/h3-7,12-14,16H,8-11,17H2,1-2H3. The van der Waals surface area contributed by atoms with Crippen LogP contribution in [0.25, 0.3) is 11.1 Å². The summed E-state index contributed by atoms with van der Waals surface area (Å²) in [5, 5.41) is 10.7. The van der Waals surface area contributed by atoms with Crippen molar-refractivity contribution in [3.8, 4) is 17.2 Å². The number of rotatable bonds is 5. The van der Waals surface area contributed by atoms with E-state index in [1.165, 1.54) is 4.90 Å². The van der Waals surface area contributed by atoms with Gasteiger partial charge in [0.1, 0.15) is 18.5 Å². The van der Waals surface area contributed by atoms with Gasteiger partial charge in [-0.1, -0.05) is 41.4 Å². The number of nitriles is 1. The normalized spacial score (nSPS) is 13.2. The lowest BCUT2D eigenvalue weighted by atomic mass is 10.0. The number of amides is 2. The Balaban J connectivity index is 1.41. The highest BCUT2D eigenvalue weighted by atomic mass is 35.5. The van der Waals surface area contributed by atoms with Gasteiger partial charge in [-0.3, -0.25) is 4.79 Å². The Labute approximate surface area is 225 Å². The average Bonchev–Trinajstić information content (AvgIpc) is 2.91. The molecule has 0 unspecified atom stereocenters. The van der Waals surface area contributed by atoms with Gasteiger partial charge in [-0.25, -0.2) is 9.78 Å². The van der Waals surface area contributed by atoms with Crippen LogP contribution in [0.2, 0.25) is 10.0 Å². The molecule has 0 spiro atoms. The molecule has 1 saturated heterocycles. The molecule has 1 aliphatic heterocycles. The Hall–Kier alpha value is -3.80. The first-order chi connectivity index (χ1) is 17.8. The second-order valence-corrected chi connectivity index (χ2v) is 9.60. The number of aromatic nitrogens is 1. The molecule has 37 heavy (non-hydrogen) atoms. The average molecular weight is 538 g/mol. The predicted octanol–water partition coefficient (Wildman–Crippen LogP) is 5.09. The summed E-state index contributed by atoms with van der Waals surface area (Å²) in [5.41, 5.74) is 3.11. The number of carbonyl (C=O) groups is 2. The van der Waals surface area contributed by atoms with Crippen molar-refractivity contribution in [3.63, 3.8) is 0 Å². The maximum atomic E-state index is 12.5. The van der Waals surface area contributed by atoms with E-state index in [0.717, 1.165) is 11.1 Å². The first-order valence-corrected chi connectivity index (χ1v) is 12.3. The molecule has 190 valence electrons. The molecule has 3 aromatic rings. The largest absolute Gasteiger partial charge is 0.445 e. The van der Waals surface area contributed by atoms with E-state index in [2.05, 4.69) is 11.1 Å². The van der Waals surface area contributed by atoms with Crippen LogP contribution in [0.3, 0.4) is 0 Å². The van der Waals surface area contributed by atoms with Gasteiger partial charge in [-0.2, -0.15) is 5.26 Å². The Morgan fingerprint density at radius 3 is 2.46 bits per heavy atom. The molecule has 0 aliphatic carbocycles. The molecular formula is C27H25Cl2N5O3. The monoisotopic (exact) mass is 537 g/mol. The number of pyridine rings is 1. The van der Waals surface area contributed by atoms with Crippen molar-refractivity contribution in [2.45, 2.75) is 6.61 Å². The van der Waals surface area contributed by atoms with Crippen LogP contribution in [0.5, 0.6) is 0 Å². The second kappa shape index (κ2) is 11.5. The van der Waals surface area contributed by atoms with Crippen molar-refractivity contribution < 1.29 is 14.3 Å². The molecule has 2 heterocycles. The van der Waals surface area contributed by atoms with Crippen LogP contribution in [0.1, 0.15) is 21.5 Å². The number of hydrogen-bond donors (Lipinski definition) is 0. The maximum absolute atomic E-state index is 12.5. The fourth-order valence-corrected chi connectivity index (χ4v) is 4.50. The van der Waals surface area contributed by atoms with Gasteiger partial charge >= 0.3 is 6.09 Å². The van der Waals surface area contributed by atoms with Gasteiger partial charge in [-0.15, -0.1) is 0 Å². The Kier molecular flexibility index (Phi) is 8.17. The zero-order valence-corrected chi connectivity index (χ0v) is 22.0. The lowest BCUT2D eigenvalue weighted by Crippen LogP contribution is -2.49. The number of hydrogen-bond acceptors (Lipinski definition) is 6. The lowest BCUT2D eigenvalue weighted by Gasteiger charge is -2.35. The third kappa shape index (κ3) is 6.13. The van der Waals surface area contributed by atoms with E-state index in [4.69, 9.17) is 27.9 Å². The van der Waals surface area contributed by atoms with Crippen LogP contribution in [0.4, 0.5) is 10.6 Å². The number of ether oxygens (including phenoxy) is 1. The fraction of sp³-hybridized carbons (Fsp3) is 0.259. The van der Waals surface area contributed by atoms with Gasteiger partial charge in [0.25, 0.3) is 5.91 Å². The highest BCUT2D eigenvalue weighted by Crippen LogP contribution is 2.29. The summed E-state index contributed by atoms with van der Waals surface area (Å²) < 4.78 is 5.43. The zero-order chi connectivity index (χ0) is 26.5. The Bertz CT molecular complexity index is 1360. The molecule has 1 aliphatic rings. The van der Waals surface area contributed by atoms with Crippen molar-refractivity contribution in [1.29, 1.82) is 5.26 Å². The first kappa shape index (κ1) is 26.3. The Morgan fingerprint density at radius 1 is 1.05 bits per heavy atom. The predicted molar refractivity (Wildman–Crippen MR) is 143 cm³/mol. The molecule has 10 heteroatoms. The third-order valence-electron chi connectivity index (χ3n) is 6.01. The number of carbonyl (C=O) groups excluding carboxylic acids is 2. The molecule has 0 saturated carbocycles. The summed E-state index contributed by atoms with van der Waals surface area (Å²) in [4.78, 5) is 34.4. The summed E-state index contributed by atoms with van der Waals surface area (Å²) in [5.74, 6) is 0.374. The molecule has 0 N–H and O–H groups in total. The second-order valence-electron chi connectivity index (χ2n) is 8.76. The van der Waals surface area contributed by atoms with Gasteiger partial charge < -0.3 is 19.4 Å². The first-order valence-electron chi connectivity index (χ1n) is 11.6. The number of anilines is 1. The number of benzene rings is 2. The lowest BCUT2D eigenvalue weighted by molar-refractivity contribution is 0.0827. The summed E-state index contributed by atoms with van der Waals surface area (Å²) in [6.45, 7) is 2.07. The molecule has 0 atom stereocenters. The van der Waals surface area contributed by atoms with E-state index in [1.54, 1.807) is 61.6 Å². The van der Waals surface area contributed by atoms with E-state index in [1.807, 2.05) is 17.0 Å². The van der Waals surface area contributed by atoms with Crippen molar-refractivity contribution >= 4 is 41.0 Å². The quantitative estimate of drug-likeness (QED) is 0.450. The summed E-state index contributed by atoms with van der Waals surface area (Å²) >= 11 is 12.3. The molecule has 0 radical (unpaired) electrons. The SMILES string of the molecule is CN(C)C(=O)c1ccc(-c2cnc(N3CCN(C(=O)OCc4cccc(Cl)c4)CC3)c(C#N)c2)cc1Cl. The summed E-state index contributed by atoms with van der Waals surface area (Å²) in [7, 11) is 3.33. The van der Waals surface area contributed by atoms with Crippen LogP contribution in [0, 0.1) is 11.3 Å². The molecule has 8 nitrogen and oxygen atoms in total. The van der Waals surface area contributed by atoms with E-state index < -0.39 is 6.09 Å². The Morgan fingerprint density at radius 2 is 1.81 bits per heavy atom. The van der Waals surface area contributed by atoms with Crippen LogP contribution in [-0.4, -0.2) is 67.1 Å². The molecule has 1 aromatic heterocycles. The van der Waals surface area contributed by atoms with E-state index >= 15 is 0 Å². The summed E-state index contributed by atoms with van der Waals surface area (Å²) in [6.07, 6.45) is 1.29. The van der Waals surface area contributed by atoms with E-state index in [0.29, 0.717) is 58.7 Å². The fourth-order valence-electron chi connectivity index (χ4n) is 4.02. The molecular weight excluding hydrogens is 513 g/mol. The minimum atomic E-state index is -0.392. The topological polar surface area (TPSA) is 89.8 Å². The minimum Gasteiger partial charge on any atom is -0.445 e. The van der Waals surface area contributed by atoms with Gasteiger partial charge in [-0.05, 0) is 41.5 Å². The smallest absolute Gasteiger partial charge is 0.410 e. The minimum absolute atomic E-state index is 0.148. The van der Waals surface area contributed by atoms with Crippen molar-refractivity contribution in [2.24, 2.45) is 0 Å². The van der Waals surface area contributed by atoms with Crippen molar-refractivity contribution in [1.82, 2.24) is 14.8 Å². The molecule has 2 amide bonds. The zero-order valence-electron chi connectivity index (χ0n) is 20.4.